The van der Waals surface area contributed by atoms with Crippen LogP contribution in [-0.2, 0) is 11.3 Å². The van der Waals surface area contributed by atoms with Crippen LogP contribution in [0, 0.1) is 0 Å². The predicted octanol–water partition coefficient (Wildman–Crippen LogP) is 3.54. The van der Waals surface area contributed by atoms with Gasteiger partial charge in [-0.15, -0.1) is 0 Å². The number of carbonyl (C=O) groups is 2. The molecule has 174 valence electrons. The molecule has 0 spiro atoms. The Hall–Kier alpha value is -3.81. The fourth-order valence-corrected chi connectivity index (χ4v) is 3.32. The molecule has 2 N–H and O–H groups in total. The molecule has 2 aromatic carbocycles. The number of hydrogen-bond donors (Lipinski definition) is 2. The smallest absolute Gasteiger partial charge is 0.255 e. The summed E-state index contributed by atoms with van der Waals surface area (Å²) in [5, 5.41) is 10.1. The first kappa shape index (κ1) is 23.8. The van der Waals surface area contributed by atoms with E-state index in [1.807, 2.05) is 32.0 Å². The number of aromatic nitrogens is 2. The summed E-state index contributed by atoms with van der Waals surface area (Å²) in [5.74, 6) is 0.868. The molecule has 1 heterocycles. The molecular formula is C25H31N5O3. The van der Waals surface area contributed by atoms with Gasteiger partial charge in [0.15, 0.2) is 0 Å². The number of amides is 2. The lowest BCUT2D eigenvalue weighted by Gasteiger charge is -2.13. The van der Waals surface area contributed by atoms with Crippen molar-refractivity contribution in [1.29, 1.82) is 0 Å². The molecule has 1 aromatic heterocycles. The molecule has 3 rings (SSSR count). The maximum Gasteiger partial charge on any atom is 0.255 e. The van der Waals surface area contributed by atoms with E-state index < -0.39 is 0 Å². The molecule has 0 saturated carbocycles. The molecule has 0 aliphatic carbocycles. The zero-order chi connectivity index (χ0) is 23.6. The van der Waals surface area contributed by atoms with E-state index >= 15 is 0 Å². The van der Waals surface area contributed by atoms with Crippen molar-refractivity contribution in [2.24, 2.45) is 0 Å². The van der Waals surface area contributed by atoms with Gasteiger partial charge in [-0.3, -0.25) is 9.59 Å². The van der Waals surface area contributed by atoms with E-state index in [-0.39, 0.29) is 18.2 Å². The highest BCUT2D eigenvalue weighted by Gasteiger charge is 2.12. The molecule has 8 heteroatoms. The van der Waals surface area contributed by atoms with Crippen molar-refractivity contribution in [3.8, 4) is 5.75 Å². The van der Waals surface area contributed by atoms with Crippen LogP contribution in [0.2, 0.25) is 0 Å². The summed E-state index contributed by atoms with van der Waals surface area (Å²) in [4.78, 5) is 26.9. The van der Waals surface area contributed by atoms with Crippen LogP contribution in [0.5, 0.6) is 5.75 Å². The number of para-hydroxylation sites is 1. The number of nitrogens with one attached hydrogen (secondary N) is 2. The van der Waals surface area contributed by atoms with Gasteiger partial charge in [-0.2, -0.15) is 5.10 Å². The monoisotopic (exact) mass is 449 g/mol. The minimum Gasteiger partial charge on any atom is -0.493 e. The molecule has 0 unspecified atom stereocenters. The zero-order valence-electron chi connectivity index (χ0n) is 19.4. The van der Waals surface area contributed by atoms with Crippen LogP contribution in [0.1, 0.15) is 35.7 Å². The summed E-state index contributed by atoms with van der Waals surface area (Å²) >= 11 is 0. The fraction of sp³-hybridized carbons (Fsp3) is 0.320. The lowest BCUT2D eigenvalue weighted by Crippen LogP contribution is -2.26. The van der Waals surface area contributed by atoms with E-state index in [4.69, 9.17) is 4.74 Å². The van der Waals surface area contributed by atoms with Crippen molar-refractivity contribution in [1.82, 2.24) is 15.1 Å². The van der Waals surface area contributed by atoms with Gasteiger partial charge in [0.25, 0.3) is 5.91 Å². The number of nitrogens with zero attached hydrogens (tertiary/aromatic N) is 3. The van der Waals surface area contributed by atoms with Crippen LogP contribution < -0.4 is 20.3 Å². The Morgan fingerprint density at radius 1 is 1.06 bits per heavy atom. The van der Waals surface area contributed by atoms with Gasteiger partial charge in [0.2, 0.25) is 5.91 Å². The average molecular weight is 450 g/mol. The minimum absolute atomic E-state index is 0.122. The molecular weight excluding hydrogens is 418 g/mol. The molecule has 2 amide bonds. The highest BCUT2D eigenvalue weighted by molar-refractivity contribution is 5.97. The Balaban J connectivity index is 1.45. The lowest BCUT2D eigenvalue weighted by atomic mass is 10.2. The molecule has 0 bridgehead atoms. The van der Waals surface area contributed by atoms with Crippen molar-refractivity contribution in [3.63, 3.8) is 0 Å². The molecule has 0 atom stereocenters. The third-order valence-electron chi connectivity index (χ3n) is 5.07. The number of rotatable bonds is 11. The maximum atomic E-state index is 12.4. The van der Waals surface area contributed by atoms with E-state index in [1.54, 1.807) is 35.1 Å². The van der Waals surface area contributed by atoms with Crippen LogP contribution in [0.25, 0.3) is 0 Å². The molecule has 0 aliphatic rings. The molecule has 0 fully saturated rings. The largest absolute Gasteiger partial charge is 0.493 e. The SMILES string of the molecule is CCOc1ccccc1C(=O)NCCCC(=O)Nc1ccnn1Cc1ccc(N(C)C)cc1. The normalized spacial score (nSPS) is 10.5. The Morgan fingerprint density at radius 3 is 2.55 bits per heavy atom. The van der Waals surface area contributed by atoms with E-state index in [0.717, 1.165) is 11.3 Å². The lowest BCUT2D eigenvalue weighted by molar-refractivity contribution is -0.116. The number of ether oxygens (including phenoxy) is 1. The van der Waals surface area contributed by atoms with Crippen LogP contribution in [0.4, 0.5) is 11.5 Å². The van der Waals surface area contributed by atoms with Crippen molar-refractivity contribution in [2.75, 3.05) is 37.5 Å². The average Bonchev–Trinajstić information content (AvgIpc) is 3.23. The quantitative estimate of drug-likeness (QED) is 0.437. The van der Waals surface area contributed by atoms with Crippen LogP contribution >= 0.6 is 0 Å². The van der Waals surface area contributed by atoms with Crippen molar-refractivity contribution < 1.29 is 14.3 Å². The third kappa shape index (κ3) is 6.83. The maximum absolute atomic E-state index is 12.4. The molecule has 8 nitrogen and oxygen atoms in total. The van der Waals surface area contributed by atoms with Crippen molar-refractivity contribution in [2.45, 2.75) is 26.3 Å². The van der Waals surface area contributed by atoms with Gasteiger partial charge in [0, 0.05) is 38.8 Å². The topological polar surface area (TPSA) is 88.5 Å². The van der Waals surface area contributed by atoms with Gasteiger partial charge in [-0.05, 0) is 43.2 Å². The van der Waals surface area contributed by atoms with E-state index in [0.29, 0.717) is 43.2 Å². The van der Waals surface area contributed by atoms with E-state index in [2.05, 4.69) is 40.0 Å². The van der Waals surface area contributed by atoms with Crippen molar-refractivity contribution in [3.05, 3.63) is 71.9 Å². The Morgan fingerprint density at radius 2 is 1.82 bits per heavy atom. The van der Waals surface area contributed by atoms with E-state index in [1.165, 1.54) is 0 Å². The molecule has 33 heavy (non-hydrogen) atoms. The minimum atomic E-state index is -0.210. The molecule has 0 saturated heterocycles. The third-order valence-corrected chi connectivity index (χ3v) is 5.07. The summed E-state index contributed by atoms with van der Waals surface area (Å²) < 4.78 is 7.25. The first-order chi connectivity index (χ1) is 16.0. The summed E-state index contributed by atoms with van der Waals surface area (Å²) in [6.45, 7) is 3.32. The predicted molar refractivity (Wildman–Crippen MR) is 130 cm³/mol. The second-order valence-corrected chi connectivity index (χ2v) is 7.77. The summed E-state index contributed by atoms with van der Waals surface area (Å²) in [6.07, 6.45) is 2.48. The van der Waals surface area contributed by atoms with Gasteiger partial charge in [-0.25, -0.2) is 4.68 Å². The second kappa shape index (κ2) is 11.7. The first-order valence-electron chi connectivity index (χ1n) is 11.1. The molecule has 0 aliphatic heterocycles. The number of hydrogen-bond acceptors (Lipinski definition) is 5. The Labute approximate surface area is 194 Å². The first-order valence-corrected chi connectivity index (χ1v) is 11.1. The Kier molecular flexibility index (Phi) is 8.46. The number of anilines is 2. The van der Waals surface area contributed by atoms with Crippen molar-refractivity contribution >= 4 is 23.3 Å². The fourth-order valence-electron chi connectivity index (χ4n) is 3.32. The summed E-state index contributed by atoms with van der Waals surface area (Å²) in [6, 6.07) is 17.1. The van der Waals surface area contributed by atoms with Gasteiger partial charge in [0.1, 0.15) is 11.6 Å². The number of carbonyl (C=O) groups excluding carboxylic acids is 2. The van der Waals surface area contributed by atoms with Crippen LogP contribution in [0.3, 0.4) is 0 Å². The molecule has 0 radical (unpaired) electrons. The molecule has 3 aromatic rings. The van der Waals surface area contributed by atoms with Crippen LogP contribution in [0.15, 0.2) is 60.8 Å². The van der Waals surface area contributed by atoms with Gasteiger partial charge >= 0.3 is 0 Å². The van der Waals surface area contributed by atoms with Gasteiger partial charge in [-0.1, -0.05) is 24.3 Å². The highest BCUT2D eigenvalue weighted by Crippen LogP contribution is 2.18. The van der Waals surface area contributed by atoms with Gasteiger partial charge in [0.05, 0.1) is 24.9 Å². The van der Waals surface area contributed by atoms with E-state index in [9.17, 15) is 9.59 Å². The summed E-state index contributed by atoms with van der Waals surface area (Å²) in [7, 11) is 4.00. The highest BCUT2D eigenvalue weighted by atomic mass is 16.5. The second-order valence-electron chi connectivity index (χ2n) is 7.77. The summed E-state index contributed by atoms with van der Waals surface area (Å²) in [5.41, 5.74) is 2.71. The standard InChI is InChI=1S/C25H31N5O3/c1-4-33-22-9-6-5-8-21(22)25(32)26-16-7-10-24(31)28-23-15-17-27-30(23)18-19-11-13-20(14-12-19)29(2)3/h5-6,8-9,11-15,17H,4,7,10,16,18H2,1-3H3,(H,26,32)(H,28,31). The van der Waals surface area contributed by atoms with Gasteiger partial charge < -0.3 is 20.3 Å². The number of benzene rings is 2. The van der Waals surface area contributed by atoms with Crippen LogP contribution in [-0.4, -0.2) is 48.8 Å². The zero-order valence-corrected chi connectivity index (χ0v) is 19.4. The Bertz CT molecular complexity index is 1060.